The molecule has 1 aromatic rings. The minimum Gasteiger partial charge on any atom is -0.497 e. The van der Waals surface area contributed by atoms with Crippen molar-refractivity contribution in [1.29, 1.82) is 0 Å². The van der Waals surface area contributed by atoms with Crippen LogP contribution in [0.1, 0.15) is 6.42 Å². The van der Waals surface area contributed by atoms with E-state index in [0.29, 0.717) is 17.1 Å². The molecule has 0 saturated carbocycles. The number of ether oxygens (including phenoxy) is 1. The smallest absolute Gasteiger partial charge is 0.236 e. The molecule has 1 heterocycles. The minimum atomic E-state index is -0.302. The standard InChI is InChI=1S/C11H12N2O3/c1-13-9-4-3-7(16-2)5-8(9)12-10(14)6-11(13)15/h3-5H,6H2,1-2H3,(H,12,14). The van der Waals surface area contributed by atoms with Crippen LogP contribution in [0, 0.1) is 0 Å². The minimum absolute atomic E-state index is 0.131. The lowest BCUT2D eigenvalue weighted by Gasteiger charge is -2.16. The Labute approximate surface area is 93.0 Å². The van der Waals surface area contributed by atoms with E-state index in [1.54, 1.807) is 32.4 Å². The van der Waals surface area contributed by atoms with Crippen LogP contribution in [-0.2, 0) is 9.59 Å². The van der Waals surface area contributed by atoms with Gasteiger partial charge in [0, 0.05) is 13.1 Å². The van der Waals surface area contributed by atoms with Crippen LogP contribution < -0.4 is 15.0 Å². The summed E-state index contributed by atoms with van der Waals surface area (Å²) in [4.78, 5) is 24.4. The number of amides is 2. The molecule has 0 aromatic heterocycles. The molecular formula is C11H12N2O3. The van der Waals surface area contributed by atoms with Gasteiger partial charge in [-0.2, -0.15) is 0 Å². The number of nitrogens with zero attached hydrogens (tertiary/aromatic N) is 1. The number of nitrogens with one attached hydrogen (secondary N) is 1. The summed E-state index contributed by atoms with van der Waals surface area (Å²) in [5, 5.41) is 2.68. The molecule has 1 aromatic carbocycles. The van der Waals surface area contributed by atoms with Gasteiger partial charge in [0.1, 0.15) is 12.2 Å². The quantitative estimate of drug-likeness (QED) is 0.718. The molecule has 0 fully saturated rings. The monoisotopic (exact) mass is 220 g/mol. The molecule has 16 heavy (non-hydrogen) atoms. The second kappa shape index (κ2) is 3.84. The van der Waals surface area contributed by atoms with Gasteiger partial charge in [0.2, 0.25) is 11.8 Å². The zero-order valence-electron chi connectivity index (χ0n) is 9.11. The molecule has 0 atom stereocenters. The molecule has 0 spiro atoms. The highest BCUT2D eigenvalue weighted by Gasteiger charge is 2.23. The second-order valence-corrected chi connectivity index (χ2v) is 3.56. The average Bonchev–Trinajstić information content (AvgIpc) is 2.36. The van der Waals surface area contributed by atoms with Crippen molar-refractivity contribution in [2.75, 3.05) is 24.4 Å². The molecule has 5 nitrogen and oxygen atoms in total. The summed E-state index contributed by atoms with van der Waals surface area (Å²) in [5.41, 5.74) is 1.27. The van der Waals surface area contributed by atoms with E-state index in [2.05, 4.69) is 5.32 Å². The fraction of sp³-hybridized carbons (Fsp3) is 0.273. The maximum absolute atomic E-state index is 11.6. The molecule has 1 aliphatic rings. The number of methoxy groups -OCH3 is 1. The Kier molecular flexibility index (Phi) is 2.52. The summed E-state index contributed by atoms with van der Waals surface area (Å²) in [6.07, 6.45) is -0.131. The van der Waals surface area contributed by atoms with Gasteiger partial charge in [-0.15, -0.1) is 0 Å². The van der Waals surface area contributed by atoms with Crippen molar-refractivity contribution in [3.8, 4) is 5.75 Å². The highest BCUT2D eigenvalue weighted by Crippen LogP contribution is 2.31. The number of carbonyl (C=O) groups excluding carboxylic acids is 2. The zero-order chi connectivity index (χ0) is 11.7. The fourth-order valence-corrected chi connectivity index (χ4v) is 1.62. The van der Waals surface area contributed by atoms with Crippen LogP contribution in [-0.4, -0.2) is 26.0 Å². The van der Waals surface area contributed by atoms with E-state index in [0.717, 1.165) is 0 Å². The van der Waals surface area contributed by atoms with Gasteiger partial charge in [0.05, 0.1) is 18.5 Å². The molecule has 0 unspecified atom stereocenters. The van der Waals surface area contributed by atoms with Crippen molar-refractivity contribution in [2.45, 2.75) is 6.42 Å². The highest BCUT2D eigenvalue weighted by molar-refractivity contribution is 6.14. The fourth-order valence-electron chi connectivity index (χ4n) is 1.62. The van der Waals surface area contributed by atoms with Gasteiger partial charge in [-0.1, -0.05) is 0 Å². The largest absolute Gasteiger partial charge is 0.497 e. The first-order valence-corrected chi connectivity index (χ1v) is 4.86. The third kappa shape index (κ3) is 1.71. The Balaban J connectivity index is 2.50. The van der Waals surface area contributed by atoms with E-state index >= 15 is 0 Å². The van der Waals surface area contributed by atoms with Crippen LogP contribution in [0.15, 0.2) is 18.2 Å². The summed E-state index contributed by atoms with van der Waals surface area (Å²) in [6.45, 7) is 0. The van der Waals surface area contributed by atoms with Gasteiger partial charge in [-0.05, 0) is 12.1 Å². The van der Waals surface area contributed by atoms with Gasteiger partial charge in [-0.3, -0.25) is 9.59 Å². The molecule has 5 heteroatoms. The van der Waals surface area contributed by atoms with E-state index in [1.807, 2.05) is 0 Å². The van der Waals surface area contributed by atoms with Crippen molar-refractivity contribution in [3.63, 3.8) is 0 Å². The van der Waals surface area contributed by atoms with Crippen LogP contribution >= 0.6 is 0 Å². The van der Waals surface area contributed by atoms with Crippen molar-refractivity contribution >= 4 is 23.2 Å². The molecular weight excluding hydrogens is 208 g/mol. The Bertz CT molecular complexity index is 457. The molecule has 0 aliphatic carbocycles. The predicted molar refractivity (Wildman–Crippen MR) is 59.7 cm³/mol. The summed E-state index contributed by atoms with van der Waals surface area (Å²) in [5.74, 6) is 0.118. The molecule has 0 saturated heterocycles. The number of rotatable bonds is 1. The molecule has 1 aliphatic heterocycles. The summed E-state index contributed by atoms with van der Waals surface area (Å²) in [6, 6.07) is 5.19. The normalized spacial score (nSPS) is 15.2. The lowest BCUT2D eigenvalue weighted by atomic mass is 10.2. The first-order valence-electron chi connectivity index (χ1n) is 4.86. The topological polar surface area (TPSA) is 58.6 Å². The molecule has 2 rings (SSSR count). The van der Waals surface area contributed by atoms with E-state index in [-0.39, 0.29) is 18.2 Å². The number of benzene rings is 1. The lowest BCUT2D eigenvalue weighted by Crippen LogP contribution is -2.26. The molecule has 2 amide bonds. The third-order valence-electron chi connectivity index (χ3n) is 2.53. The van der Waals surface area contributed by atoms with Gasteiger partial charge >= 0.3 is 0 Å². The van der Waals surface area contributed by atoms with Crippen molar-refractivity contribution < 1.29 is 14.3 Å². The first-order chi connectivity index (χ1) is 7.61. The highest BCUT2D eigenvalue weighted by atomic mass is 16.5. The maximum Gasteiger partial charge on any atom is 0.236 e. The number of hydrogen-bond acceptors (Lipinski definition) is 3. The number of hydrogen-bond donors (Lipinski definition) is 1. The zero-order valence-corrected chi connectivity index (χ0v) is 9.11. The van der Waals surface area contributed by atoms with Gasteiger partial charge in [0.15, 0.2) is 0 Å². The van der Waals surface area contributed by atoms with E-state index < -0.39 is 0 Å². The van der Waals surface area contributed by atoms with Crippen molar-refractivity contribution in [2.24, 2.45) is 0 Å². The van der Waals surface area contributed by atoms with E-state index in [9.17, 15) is 9.59 Å². The number of carbonyl (C=O) groups is 2. The second-order valence-electron chi connectivity index (χ2n) is 3.56. The summed E-state index contributed by atoms with van der Waals surface area (Å²) >= 11 is 0. The summed E-state index contributed by atoms with van der Waals surface area (Å²) in [7, 11) is 3.20. The average molecular weight is 220 g/mol. The SMILES string of the molecule is COc1ccc2c(c1)NC(=O)CC(=O)N2C. The molecule has 0 bridgehead atoms. The molecule has 84 valence electrons. The Morgan fingerprint density at radius 2 is 2.12 bits per heavy atom. The van der Waals surface area contributed by atoms with Crippen molar-refractivity contribution in [3.05, 3.63) is 18.2 Å². The first kappa shape index (κ1) is 10.5. The molecule has 1 N–H and O–H groups in total. The van der Waals surface area contributed by atoms with Crippen molar-refractivity contribution in [1.82, 2.24) is 0 Å². The Hall–Kier alpha value is -2.04. The Morgan fingerprint density at radius 3 is 2.81 bits per heavy atom. The van der Waals surface area contributed by atoms with E-state index in [4.69, 9.17) is 4.74 Å². The summed E-state index contributed by atoms with van der Waals surface area (Å²) < 4.78 is 5.06. The van der Waals surface area contributed by atoms with Gasteiger partial charge < -0.3 is 15.0 Å². The van der Waals surface area contributed by atoms with Crippen LogP contribution in [0.4, 0.5) is 11.4 Å². The lowest BCUT2D eigenvalue weighted by molar-refractivity contribution is -0.124. The number of fused-ring (bicyclic) bond motifs is 1. The molecule has 0 radical (unpaired) electrons. The van der Waals surface area contributed by atoms with Gasteiger partial charge in [-0.25, -0.2) is 0 Å². The predicted octanol–water partition coefficient (Wildman–Crippen LogP) is 1.00. The van der Waals surface area contributed by atoms with Crippen LogP contribution in [0.5, 0.6) is 5.75 Å². The van der Waals surface area contributed by atoms with Gasteiger partial charge in [0.25, 0.3) is 0 Å². The number of anilines is 2. The van der Waals surface area contributed by atoms with Crippen LogP contribution in [0.3, 0.4) is 0 Å². The van der Waals surface area contributed by atoms with E-state index in [1.165, 1.54) is 4.90 Å². The van der Waals surface area contributed by atoms with Crippen LogP contribution in [0.2, 0.25) is 0 Å². The Morgan fingerprint density at radius 1 is 1.38 bits per heavy atom. The maximum atomic E-state index is 11.6. The third-order valence-corrected chi connectivity index (χ3v) is 2.53. The van der Waals surface area contributed by atoms with Crippen LogP contribution in [0.25, 0.3) is 0 Å².